The van der Waals surface area contributed by atoms with Gasteiger partial charge in [-0.05, 0) is 49.2 Å². The molecular formula is C26H24ClN3O4S. The molecule has 0 unspecified atom stereocenters. The number of nitrogens with zero attached hydrogens (tertiary/aromatic N) is 2. The third kappa shape index (κ3) is 5.13. The molecule has 1 aliphatic heterocycles. The van der Waals surface area contributed by atoms with Gasteiger partial charge in [0.1, 0.15) is 22.9 Å². The number of halogens is 1. The van der Waals surface area contributed by atoms with Crippen LogP contribution in [0.15, 0.2) is 69.9 Å². The molecule has 3 aromatic rings. The zero-order chi connectivity index (χ0) is 25.1. The fourth-order valence-corrected chi connectivity index (χ4v) is 5.08. The van der Waals surface area contributed by atoms with Gasteiger partial charge in [0.15, 0.2) is 0 Å². The number of aliphatic hydroxyl groups excluding tert-OH is 1. The van der Waals surface area contributed by atoms with Gasteiger partial charge in [0.2, 0.25) is 5.91 Å². The van der Waals surface area contributed by atoms with E-state index < -0.39 is 11.9 Å². The van der Waals surface area contributed by atoms with Crippen molar-refractivity contribution in [2.75, 3.05) is 6.61 Å². The maximum atomic E-state index is 12.7. The van der Waals surface area contributed by atoms with Crippen LogP contribution < -0.4 is 5.73 Å². The highest BCUT2D eigenvalue weighted by molar-refractivity contribution is 8.18. The number of nitrogens with two attached hydrogens (primary N) is 1. The standard InChI is InChI=1S/C26H24ClN3O4S/c1-3-15-6-5-7-19-16(13-30(23(15)19)14-21(28)31)12-20-24(32)22(26(33)34-4-2)25(35-20)29-18-10-8-17(27)9-11-18/h5-13,32H,3-4,14H2,1-2H3,(H2,28,31)/b20-12-,29-25?. The van der Waals surface area contributed by atoms with Crippen LogP contribution >= 0.6 is 23.4 Å². The zero-order valence-electron chi connectivity index (χ0n) is 19.2. The lowest BCUT2D eigenvalue weighted by Crippen LogP contribution is -2.18. The number of primary amides is 1. The van der Waals surface area contributed by atoms with Crippen molar-refractivity contribution in [3.8, 4) is 0 Å². The van der Waals surface area contributed by atoms with Crippen molar-refractivity contribution in [2.24, 2.45) is 10.7 Å². The first-order valence-corrected chi connectivity index (χ1v) is 12.3. The van der Waals surface area contributed by atoms with Crippen LogP contribution in [0.4, 0.5) is 5.69 Å². The van der Waals surface area contributed by atoms with Crippen molar-refractivity contribution >= 4 is 62.9 Å². The number of ether oxygens (including phenoxy) is 1. The largest absolute Gasteiger partial charge is 0.506 e. The van der Waals surface area contributed by atoms with E-state index in [1.165, 1.54) is 11.8 Å². The molecule has 0 bridgehead atoms. The van der Waals surface area contributed by atoms with Gasteiger partial charge in [-0.15, -0.1) is 0 Å². The summed E-state index contributed by atoms with van der Waals surface area (Å²) in [4.78, 5) is 29.4. The molecule has 3 N–H and O–H groups in total. The number of hydrogen-bond acceptors (Lipinski definition) is 6. The monoisotopic (exact) mass is 509 g/mol. The summed E-state index contributed by atoms with van der Waals surface area (Å²) in [5, 5.41) is 12.8. The normalized spacial score (nSPS) is 16.0. The molecule has 1 aliphatic rings. The van der Waals surface area contributed by atoms with Gasteiger partial charge in [-0.25, -0.2) is 9.79 Å². The average Bonchev–Trinajstić information content (AvgIpc) is 3.32. The quantitative estimate of drug-likeness (QED) is 0.407. The fraction of sp³-hybridized carbons (Fsp3) is 0.192. The number of amides is 1. The van der Waals surface area contributed by atoms with Gasteiger partial charge < -0.3 is 20.1 Å². The first-order valence-electron chi connectivity index (χ1n) is 11.1. The first-order chi connectivity index (χ1) is 16.8. The highest BCUT2D eigenvalue weighted by Crippen LogP contribution is 2.41. The van der Waals surface area contributed by atoms with E-state index in [9.17, 15) is 14.7 Å². The Balaban J connectivity index is 1.84. The third-order valence-electron chi connectivity index (χ3n) is 5.43. The van der Waals surface area contributed by atoms with Crippen LogP contribution in [-0.2, 0) is 27.3 Å². The lowest BCUT2D eigenvalue weighted by atomic mass is 10.1. The maximum Gasteiger partial charge on any atom is 0.344 e. The number of benzene rings is 2. The third-order valence-corrected chi connectivity index (χ3v) is 6.71. The lowest BCUT2D eigenvalue weighted by Gasteiger charge is -2.06. The van der Waals surface area contributed by atoms with Crippen molar-refractivity contribution in [3.63, 3.8) is 0 Å². The lowest BCUT2D eigenvalue weighted by molar-refractivity contribution is -0.138. The summed E-state index contributed by atoms with van der Waals surface area (Å²) in [5.41, 5.74) is 8.83. The Kier molecular flexibility index (Phi) is 7.33. The minimum Gasteiger partial charge on any atom is -0.506 e. The zero-order valence-corrected chi connectivity index (χ0v) is 20.8. The summed E-state index contributed by atoms with van der Waals surface area (Å²) in [7, 11) is 0. The highest BCUT2D eigenvalue weighted by Gasteiger charge is 2.33. The van der Waals surface area contributed by atoms with E-state index in [4.69, 9.17) is 22.1 Å². The Labute approximate surface area is 211 Å². The molecule has 1 amide bonds. The van der Waals surface area contributed by atoms with E-state index in [1.807, 2.05) is 35.9 Å². The van der Waals surface area contributed by atoms with E-state index in [0.29, 0.717) is 20.7 Å². The van der Waals surface area contributed by atoms with E-state index in [2.05, 4.69) is 4.99 Å². The molecule has 180 valence electrons. The Morgan fingerprint density at radius 3 is 2.60 bits per heavy atom. The molecule has 35 heavy (non-hydrogen) atoms. The van der Waals surface area contributed by atoms with Crippen LogP contribution in [0.25, 0.3) is 17.0 Å². The predicted octanol–water partition coefficient (Wildman–Crippen LogP) is 5.54. The molecule has 0 atom stereocenters. The number of aliphatic imine (C=N–C) groups is 1. The molecule has 7 nitrogen and oxygen atoms in total. The van der Waals surface area contributed by atoms with Crippen LogP contribution in [-0.4, -0.2) is 33.2 Å². The Bertz CT molecular complexity index is 1400. The van der Waals surface area contributed by atoms with E-state index in [-0.39, 0.29) is 24.5 Å². The van der Waals surface area contributed by atoms with Gasteiger partial charge in [0.25, 0.3) is 0 Å². The van der Waals surface area contributed by atoms with Gasteiger partial charge in [0.05, 0.1) is 22.7 Å². The number of aliphatic hydroxyl groups is 1. The number of para-hydroxylation sites is 1. The number of esters is 1. The topological polar surface area (TPSA) is 107 Å². The number of aryl methyl sites for hydroxylation is 1. The van der Waals surface area contributed by atoms with Gasteiger partial charge in [-0.3, -0.25) is 4.79 Å². The van der Waals surface area contributed by atoms with E-state index >= 15 is 0 Å². The Morgan fingerprint density at radius 1 is 1.20 bits per heavy atom. The number of hydrogen-bond donors (Lipinski definition) is 2. The van der Waals surface area contributed by atoms with Gasteiger partial charge in [0, 0.05) is 22.2 Å². The minimum absolute atomic E-state index is 0.00757. The van der Waals surface area contributed by atoms with Gasteiger partial charge in [-0.2, -0.15) is 0 Å². The number of thioether (sulfide) groups is 1. The second kappa shape index (κ2) is 10.4. The molecule has 4 rings (SSSR count). The molecule has 0 aliphatic carbocycles. The van der Waals surface area contributed by atoms with Crippen molar-refractivity contribution in [1.29, 1.82) is 0 Å². The van der Waals surface area contributed by atoms with Crippen molar-refractivity contribution in [1.82, 2.24) is 4.57 Å². The van der Waals surface area contributed by atoms with Crippen molar-refractivity contribution in [2.45, 2.75) is 26.8 Å². The number of aromatic nitrogens is 1. The second-order valence-corrected chi connectivity index (χ2v) is 9.26. The molecule has 2 aromatic carbocycles. The summed E-state index contributed by atoms with van der Waals surface area (Å²) >= 11 is 7.14. The number of fused-ring (bicyclic) bond motifs is 1. The molecular weight excluding hydrogens is 486 g/mol. The Morgan fingerprint density at radius 2 is 1.94 bits per heavy atom. The van der Waals surface area contributed by atoms with Crippen LogP contribution in [0.5, 0.6) is 0 Å². The summed E-state index contributed by atoms with van der Waals surface area (Å²) < 4.78 is 6.99. The summed E-state index contributed by atoms with van der Waals surface area (Å²) in [6.07, 6.45) is 4.39. The molecule has 9 heteroatoms. The molecule has 0 fully saturated rings. The van der Waals surface area contributed by atoms with Crippen molar-refractivity contribution < 1.29 is 19.4 Å². The molecule has 0 radical (unpaired) electrons. The maximum absolute atomic E-state index is 12.7. The van der Waals surface area contributed by atoms with Crippen molar-refractivity contribution in [3.05, 3.63) is 81.0 Å². The summed E-state index contributed by atoms with van der Waals surface area (Å²) in [5.74, 6) is -1.31. The number of rotatable bonds is 7. The SMILES string of the molecule is CCOC(=O)C1=C(O)/C(=C/c2cn(CC(N)=O)c3c(CC)cccc23)SC1=Nc1ccc(Cl)cc1. The van der Waals surface area contributed by atoms with Crippen LogP contribution in [0, 0.1) is 0 Å². The average molecular weight is 510 g/mol. The van der Waals surface area contributed by atoms with E-state index in [1.54, 1.807) is 37.3 Å². The molecule has 0 spiro atoms. The summed E-state index contributed by atoms with van der Waals surface area (Å²) in [6, 6.07) is 12.8. The molecule has 0 saturated heterocycles. The number of carbonyl (C=O) groups is 2. The molecule has 0 saturated carbocycles. The van der Waals surface area contributed by atoms with Crippen LogP contribution in [0.1, 0.15) is 25.0 Å². The smallest absolute Gasteiger partial charge is 0.344 e. The minimum atomic E-state index is -0.655. The van der Waals surface area contributed by atoms with Gasteiger partial charge in [-0.1, -0.05) is 48.5 Å². The first kappa shape index (κ1) is 24.6. The van der Waals surface area contributed by atoms with Gasteiger partial charge >= 0.3 is 5.97 Å². The number of carbonyl (C=O) groups excluding carboxylic acids is 2. The molecule has 1 aromatic heterocycles. The Hall–Kier alpha value is -3.49. The highest BCUT2D eigenvalue weighted by atomic mass is 35.5. The van der Waals surface area contributed by atoms with Crippen LogP contribution in [0.3, 0.4) is 0 Å². The predicted molar refractivity (Wildman–Crippen MR) is 141 cm³/mol. The molecule has 2 heterocycles. The van der Waals surface area contributed by atoms with E-state index in [0.717, 1.165) is 28.5 Å². The summed E-state index contributed by atoms with van der Waals surface area (Å²) in [6.45, 7) is 3.93. The second-order valence-electron chi connectivity index (χ2n) is 7.79. The van der Waals surface area contributed by atoms with Crippen LogP contribution in [0.2, 0.25) is 5.02 Å². The fourth-order valence-electron chi connectivity index (χ4n) is 3.92.